The second kappa shape index (κ2) is 7.23. The quantitative estimate of drug-likeness (QED) is 0.765. The third kappa shape index (κ3) is 4.80. The number of hydrogen-bond acceptors (Lipinski definition) is 5. The van der Waals surface area contributed by atoms with E-state index in [1.807, 2.05) is 19.2 Å². The Bertz CT molecular complexity index is 473. The molecule has 0 aliphatic rings. The van der Waals surface area contributed by atoms with E-state index in [0.717, 1.165) is 5.69 Å². The van der Waals surface area contributed by atoms with Gasteiger partial charge in [-0.05, 0) is 5.92 Å². The first kappa shape index (κ1) is 16.4. The van der Waals surface area contributed by atoms with Crippen molar-refractivity contribution in [2.75, 3.05) is 18.0 Å². The zero-order valence-electron chi connectivity index (χ0n) is 11.9. The molecule has 20 heavy (non-hydrogen) atoms. The molecule has 0 bridgehead atoms. The van der Waals surface area contributed by atoms with E-state index in [9.17, 15) is 9.59 Å². The summed E-state index contributed by atoms with van der Waals surface area (Å²) >= 11 is 1.42. The van der Waals surface area contributed by atoms with E-state index in [1.54, 1.807) is 11.8 Å². The van der Waals surface area contributed by atoms with Crippen molar-refractivity contribution in [3.05, 3.63) is 11.1 Å². The van der Waals surface area contributed by atoms with Crippen LogP contribution in [0, 0.1) is 5.92 Å². The second-order valence-corrected chi connectivity index (χ2v) is 5.88. The molecule has 0 aromatic carbocycles. The summed E-state index contributed by atoms with van der Waals surface area (Å²) in [5.74, 6) is -2.09. The van der Waals surface area contributed by atoms with Crippen molar-refractivity contribution in [2.45, 2.75) is 33.1 Å². The van der Waals surface area contributed by atoms with Crippen LogP contribution in [-0.4, -0.2) is 40.2 Å². The van der Waals surface area contributed by atoms with Gasteiger partial charge in [-0.1, -0.05) is 20.8 Å². The fourth-order valence-electron chi connectivity index (χ4n) is 1.59. The van der Waals surface area contributed by atoms with Crippen molar-refractivity contribution < 1.29 is 19.8 Å². The van der Waals surface area contributed by atoms with Gasteiger partial charge in [-0.25, -0.2) is 4.98 Å². The number of carboxylic acids is 2. The number of anilines is 1. The van der Waals surface area contributed by atoms with Gasteiger partial charge in [0, 0.05) is 18.5 Å². The Morgan fingerprint density at radius 3 is 2.45 bits per heavy atom. The van der Waals surface area contributed by atoms with Crippen LogP contribution in [0.5, 0.6) is 0 Å². The van der Waals surface area contributed by atoms with E-state index in [2.05, 4.69) is 4.98 Å². The first-order valence-electron chi connectivity index (χ1n) is 6.46. The summed E-state index contributed by atoms with van der Waals surface area (Å²) in [7, 11) is 0. The summed E-state index contributed by atoms with van der Waals surface area (Å²) in [6.07, 6.45) is -0.0388. The van der Waals surface area contributed by atoms with Gasteiger partial charge in [-0.3, -0.25) is 9.59 Å². The van der Waals surface area contributed by atoms with Crippen molar-refractivity contribution in [3.8, 4) is 0 Å². The number of carbonyl (C=O) groups is 2. The summed E-state index contributed by atoms with van der Waals surface area (Å²) < 4.78 is 0. The predicted octanol–water partition coefficient (Wildman–Crippen LogP) is 2.27. The van der Waals surface area contributed by atoms with Crippen LogP contribution in [0.2, 0.25) is 0 Å². The SMILES string of the molecule is CC(CN(CCC(=O)O)c1nc(C(C)C)cs1)C(=O)O. The highest BCUT2D eigenvalue weighted by Gasteiger charge is 2.20. The van der Waals surface area contributed by atoms with Crippen LogP contribution in [0.1, 0.15) is 38.8 Å². The zero-order chi connectivity index (χ0) is 15.3. The van der Waals surface area contributed by atoms with Gasteiger partial charge in [0.1, 0.15) is 0 Å². The summed E-state index contributed by atoms with van der Waals surface area (Å²) in [6.45, 7) is 6.18. The fourth-order valence-corrected chi connectivity index (χ4v) is 2.61. The number of hydrogen-bond donors (Lipinski definition) is 2. The Labute approximate surface area is 122 Å². The van der Waals surface area contributed by atoms with Gasteiger partial charge < -0.3 is 15.1 Å². The van der Waals surface area contributed by atoms with Crippen LogP contribution in [0.3, 0.4) is 0 Å². The average molecular weight is 300 g/mol. The molecule has 0 aliphatic carbocycles. The Balaban J connectivity index is 2.84. The monoisotopic (exact) mass is 300 g/mol. The lowest BCUT2D eigenvalue weighted by molar-refractivity contribution is -0.140. The number of aliphatic carboxylic acids is 2. The van der Waals surface area contributed by atoms with E-state index in [1.165, 1.54) is 11.3 Å². The lowest BCUT2D eigenvalue weighted by Gasteiger charge is -2.23. The molecule has 6 nitrogen and oxygen atoms in total. The highest BCUT2D eigenvalue weighted by atomic mass is 32.1. The van der Waals surface area contributed by atoms with Gasteiger partial charge in [-0.15, -0.1) is 11.3 Å². The van der Waals surface area contributed by atoms with Gasteiger partial charge in [0.25, 0.3) is 0 Å². The smallest absolute Gasteiger partial charge is 0.308 e. The highest BCUT2D eigenvalue weighted by molar-refractivity contribution is 7.13. The summed E-state index contributed by atoms with van der Waals surface area (Å²) in [6, 6.07) is 0. The largest absolute Gasteiger partial charge is 0.481 e. The minimum Gasteiger partial charge on any atom is -0.481 e. The molecule has 0 amide bonds. The molecular weight excluding hydrogens is 280 g/mol. The van der Waals surface area contributed by atoms with Gasteiger partial charge in [-0.2, -0.15) is 0 Å². The van der Waals surface area contributed by atoms with Gasteiger partial charge in [0.15, 0.2) is 5.13 Å². The maximum Gasteiger partial charge on any atom is 0.308 e. The molecule has 1 aromatic heterocycles. The highest BCUT2D eigenvalue weighted by Crippen LogP contribution is 2.25. The minimum atomic E-state index is -0.904. The first-order chi connectivity index (χ1) is 9.31. The maximum absolute atomic E-state index is 11.0. The average Bonchev–Trinajstić information content (AvgIpc) is 2.83. The third-order valence-corrected chi connectivity index (χ3v) is 3.80. The Kier molecular flexibility index (Phi) is 5.94. The number of aromatic nitrogens is 1. The molecule has 112 valence electrons. The van der Waals surface area contributed by atoms with Gasteiger partial charge >= 0.3 is 11.9 Å². The van der Waals surface area contributed by atoms with Crippen molar-refractivity contribution in [1.29, 1.82) is 0 Å². The number of nitrogens with zero attached hydrogens (tertiary/aromatic N) is 2. The zero-order valence-corrected chi connectivity index (χ0v) is 12.7. The van der Waals surface area contributed by atoms with Gasteiger partial charge in [0.2, 0.25) is 0 Å². The number of thiazole rings is 1. The molecule has 0 spiro atoms. The van der Waals surface area contributed by atoms with E-state index < -0.39 is 17.9 Å². The summed E-state index contributed by atoms with van der Waals surface area (Å²) in [5.41, 5.74) is 0.938. The maximum atomic E-state index is 11.0. The van der Waals surface area contributed by atoms with E-state index in [0.29, 0.717) is 11.0 Å². The molecule has 2 N–H and O–H groups in total. The Hall–Kier alpha value is -1.63. The Morgan fingerprint density at radius 2 is 2.00 bits per heavy atom. The normalized spacial score (nSPS) is 12.4. The molecule has 0 radical (unpaired) electrons. The molecule has 0 saturated heterocycles. The molecule has 0 aliphatic heterocycles. The molecule has 0 fully saturated rings. The van der Waals surface area contributed by atoms with E-state index in [-0.39, 0.29) is 19.5 Å². The molecule has 1 atom stereocenters. The molecule has 7 heteroatoms. The summed E-state index contributed by atoms with van der Waals surface area (Å²) in [5, 5.41) is 20.4. The topological polar surface area (TPSA) is 90.7 Å². The van der Waals surface area contributed by atoms with Crippen molar-refractivity contribution in [2.24, 2.45) is 5.92 Å². The minimum absolute atomic E-state index is 0.0388. The van der Waals surface area contributed by atoms with Gasteiger partial charge in [0.05, 0.1) is 18.0 Å². The van der Waals surface area contributed by atoms with Crippen LogP contribution < -0.4 is 4.90 Å². The molecule has 0 saturated carbocycles. The molecular formula is C13H20N2O4S. The molecule has 1 aromatic rings. The van der Waals surface area contributed by atoms with E-state index in [4.69, 9.17) is 10.2 Å². The van der Waals surface area contributed by atoms with Crippen LogP contribution in [0.25, 0.3) is 0 Å². The van der Waals surface area contributed by atoms with Crippen LogP contribution in [0.4, 0.5) is 5.13 Å². The van der Waals surface area contributed by atoms with Crippen LogP contribution in [0.15, 0.2) is 5.38 Å². The number of carboxylic acid groups (broad SMARTS) is 2. The molecule has 1 rings (SSSR count). The third-order valence-electron chi connectivity index (χ3n) is 2.88. The van der Waals surface area contributed by atoms with Crippen molar-refractivity contribution >= 4 is 28.4 Å². The lowest BCUT2D eigenvalue weighted by Crippen LogP contribution is -2.33. The predicted molar refractivity (Wildman–Crippen MR) is 77.5 cm³/mol. The lowest BCUT2D eigenvalue weighted by atomic mass is 10.1. The molecule has 1 unspecified atom stereocenters. The standard InChI is InChI=1S/C13H20N2O4S/c1-8(2)10-7-20-13(14-10)15(5-4-11(16)17)6-9(3)12(18)19/h7-9H,4-6H2,1-3H3,(H,16,17)(H,18,19). The van der Waals surface area contributed by atoms with Crippen molar-refractivity contribution in [3.63, 3.8) is 0 Å². The number of rotatable bonds is 8. The second-order valence-electron chi connectivity index (χ2n) is 5.04. The fraction of sp³-hybridized carbons (Fsp3) is 0.615. The van der Waals surface area contributed by atoms with E-state index >= 15 is 0 Å². The van der Waals surface area contributed by atoms with Crippen molar-refractivity contribution in [1.82, 2.24) is 4.98 Å². The van der Waals surface area contributed by atoms with Crippen LogP contribution in [-0.2, 0) is 9.59 Å². The Morgan fingerprint density at radius 1 is 1.35 bits per heavy atom. The molecule has 1 heterocycles. The first-order valence-corrected chi connectivity index (χ1v) is 7.34. The van der Waals surface area contributed by atoms with Crippen LogP contribution >= 0.6 is 11.3 Å². The summed E-state index contributed by atoms with van der Waals surface area (Å²) in [4.78, 5) is 27.9.